The summed E-state index contributed by atoms with van der Waals surface area (Å²) in [6.07, 6.45) is 0. The number of primary amides is 1. The van der Waals surface area contributed by atoms with Gasteiger partial charge in [0.1, 0.15) is 0 Å². The summed E-state index contributed by atoms with van der Waals surface area (Å²) in [5.41, 5.74) is 6.43. The van der Waals surface area contributed by atoms with E-state index in [1.807, 2.05) is 0 Å². The van der Waals surface area contributed by atoms with Crippen LogP contribution in [0.1, 0.15) is 27.6 Å². The van der Waals surface area contributed by atoms with Crippen LogP contribution in [0.25, 0.3) is 0 Å². The van der Waals surface area contributed by atoms with Crippen LogP contribution in [-0.2, 0) is 4.79 Å². The third-order valence-corrected chi connectivity index (χ3v) is 5.68. The number of para-hydroxylation sites is 1. The van der Waals surface area contributed by atoms with Crippen LogP contribution in [0.3, 0.4) is 0 Å². The van der Waals surface area contributed by atoms with E-state index in [0.717, 1.165) is 4.90 Å². The van der Waals surface area contributed by atoms with Gasteiger partial charge in [0.05, 0.1) is 21.4 Å². The molecule has 0 fully saturated rings. The quantitative estimate of drug-likeness (QED) is 0.260. The highest BCUT2D eigenvalue weighted by Gasteiger charge is 2.17. The Kier molecular flexibility index (Phi) is 7.42. The van der Waals surface area contributed by atoms with E-state index in [9.17, 15) is 24.5 Å². The zero-order valence-corrected chi connectivity index (χ0v) is 18.3. The number of anilines is 2. The van der Waals surface area contributed by atoms with E-state index in [1.54, 1.807) is 49.4 Å². The molecule has 0 bridgehead atoms. The monoisotopic (exact) mass is 464 g/mol. The summed E-state index contributed by atoms with van der Waals surface area (Å²) in [5.74, 6) is -1.40. The van der Waals surface area contributed by atoms with Gasteiger partial charge in [0.15, 0.2) is 0 Å². The molecule has 3 aromatic carbocycles. The highest BCUT2D eigenvalue weighted by atomic mass is 32.2. The van der Waals surface area contributed by atoms with Gasteiger partial charge in [0.25, 0.3) is 17.5 Å². The number of hydrogen-bond donors (Lipinski definition) is 3. The fraction of sp³-hybridized carbons (Fsp3) is 0.0870. The number of carbonyl (C=O) groups excluding carboxylic acids is 3. The number of nitro benzene ring substituents is 1. The second-order valence-corrected chi connectivity index (χ2v) is 8.36. The van der Waals surface area contributed by atoms with Gasteiger partial charge in [0, 0.05) is 28.3 Å². The van der Waals surface area contributed by atoms with Gasteiger partial charge in [-0.05, 0) is 49.4 Å². The van der Waals surface area contributed by atoms with Crippen molar-refractivity contribution in [3.05, 3.63) is 94.0 Å². The smallest absolute Gasteiger partial charge is 0.270 e. The molecule has 0 radical (unpaired) electrons. The average molecular weight is 465 g/mol. The Balaban J connectivity index is 1.60. The minimum atomic E-state index is -0.631. The molecule has 3 aromatic rings. The number of nitro groups is 1. The molecular weight excluding hydrogens is 444 g/mol. The number of carbonyl (C=O) groups is 3. The van der Waals surface area contributed by atoms with Gasteiger partial charge < -0.3 is 16.4 Å². The number of nitrogens with two attached hydrogens (primary N) is 1. The zero-order valence-electron chi connectivity index (χ0n) is 17.5. The van der Waals surface area contributed by atoms with Crippen molar-refractivity contribution in [2.24, 2.45) is 5.73 Å². The summed E-state index contributed by atoms with van der Waals surface area (Å²) in [7, 11) is 0. The molecule has 33 heavy (non-hydrogen) atoms. The van der Waals surface area contributed by atoms with Crippen LogP contribution in [0.5, 0.6) is 0 Å². The topological polar surface area (TPSA) is 144 Å². The Morgan fingerprint density at radius 2 is 1.67 bits per heavy atom. The van der Waals surface area contributed by atoms with E-state index in [4.69, 9.17) is 5.73 Å². The third kappa shape index (κ3) is 6.17. The van der Waals surface area contributed by atoms with E-state index < -0.39 is 22.0 Å². The number of nitrogens with zero attached hydrogens (tertiary/aromatic N) is 1. The molecule has 0 heterocycles. The van der Waals surface area contributed by atoms with Gasteiger partial charge >= 0.3 is 0 Å². The molecule has 4 N–H and O–H groups in total. The number of benzene rings is 3. The lowest BCUT2D eigenvalue weighted by Gasteiger charge is -2.14. The van der Waals surface area contributed by atoms with Crippen molar-refractivity contribution in [2.75, 3.05) is 10.6 Å². The summed E-state index contributed by atoms with van der Waals surface area (Å²) in [5, 5.41) is 15.8. The van der Waals surface area contributed by atoms with Crippen LogP contribution < -0.4 is 16.4 Å². The average Bonchev–Trinajstić information content (AvgIpc) is 2.80. The predicted octanol–water partition coefficient (Wildman–Crippen LogP) is 4.07. The summed E-state index contributed by atoms with van der Waals surface area (Å²) in [6, 6.07) is 18.8. The number of thioether (sulfide) groups is 1. The molecule has 0 aliphatic carbocycles. The number of nitrogens with one attached hydrogen (secondary N) is 2. The molecule has 10 heteroatoms. The highest BCUT2D eigenvalue weighted by molar-refractivity contribution is 8.00. The Bertz CT molecular complexity index is 1210. The fourth-order valence-electron chi connectivity index (χ4n) is 2.88. The molecule has 9 nitrogen and oxygen atoms in total. The highest BCUT2D eigenvalue weighted by Crippen LogP contribution is 2.26. The maximum atomic E-state index is 12.5. The number of non-ortho nitro benzene ring substituents is 1. The van der Waals surface area contributed by atoms with Gasteiger partial charge in [-0.25, -0.2) is 0 Å². The van der Waals surface area contributed by atoms with Crippen LogP contribution in [-0.4, -0.2) is 27.9 Å². The molecule has 1 atom stereocenters. The van der Waals surface area contributed by atoms with Crippen molar-refractivity contribution < 1.29 is 19.3 Å². The largest absolute Gasteiger partial charge is 0.366 e. The summed E-state index contributed by atoms with van der Waals surface area (Å²) in [4.78, 5) is 47.5. The van der Waals surface area contributed by atoms with Crippen molar-refractivity contribution >= 4 is 46.5 Å². The van der Waals surface area contributed by atoms with Crippen LogP contribution in [0.15, 0.2) is 77.7 Å². The van der Waals surface area contributed by atoms with E-state index in [1.165, 1.54) is 42.1 Å². The van der Waals surface area contributed by atoms with Crippen molar-refractivity contribution in [1.29, 1.82) is 0 Å². The number of hydrogen-bond acceptors (Lipinski definition) is 6. The minimum absolute atomic E-state index is 0.167. The first-order valence-corrected chi connectivity index (χ1v) is 10.6. The number of rotatable bonds is 8. The van der Waals surface area contributed by atoms with Gasteiger partial charge in [-0.1, -0.05) is 18.2 Å². The SMILES string of the molecule is CC(Sc1ccc(NC(=O)c2cccc([N+](=O)[O-])c2)cc1)C(=O)Nc1ccccc1C(N)=O. The van der Waals surface area contributed by atoms with Gasteiger partial charge in [0.2, 0.25) is 5.91 Å². The molecule has 168 valence electrons. The first-order valence-electron chi connectivity index (χ1n) is 9.77. The Morgan fingerprint density at radius 1 is 0.970 bits per heavy atom. The maximum Gasteiger partial charge on any atom is 0.270 e. The van der Waals surface area contributed by atoms with Crippen LogP contribution >= 0.6 is 11.8 Å². The molecule has 0 aliphatic heterocycles. The lowest BCUT2D eigenvalue weighted by molar-refractivity contribution is -0.384. The molecule has 0 saturated carbocycles. The van der Waals surface area contributed by atoms with Crippen molar-refractivity contribution in [3.8, 4) is 0 Å². The Morgan fingerprint density at radius 3 is 2.33 bits per heavy atom. The number of amides is 3. The van der Waals surface area contributed by atoms with E-state index in [2.05, 4.69) is 10.6 Å². The summed E-state index contributed by atoms with van der Waals surface area (Å²) in [6.45, 7) is 1.73. The molecule has 3 rings (SSSR count). The second kappa shape index (κ2) is 10.4. The minimum Gasteiger partial charge on any atom is -0.366 e. The van der Waals surface area contributed by atoms with Crippen molar-refractivity contribution in [1.82, 2.24) is 0 Å². The molecular formula is C23H20N4O5S. The normalized spacial score (nSPS) is 11.3. The molecule has 3 amide bonds. The van der Waals surface area contributed by atoms with E-state index >= 15 is 0 Å². The molecule has 0 spiro atoms. The third-order valence-electron chi connectivity index (χ3n) is 4.56. The van der Waals surface area contributed by atoms with E-state index in [-0.39, 0.29) is 22.7 Å². The fourth-order valence-corrected chi connectivity index (χ4v) is 3.75. The van der Waals surface area contributed by atoms with Crippen LogP contribution in [0, 0.1) is 10.1 Å². The van der Waals surface area contributed by atoms with E-state index in [0.29, 0.717) is 11.4 Å². The zero-order chi connectivity index (χ0) is 24.0. The lowest BCUT2D eigenvalue weighted by Crippen LogP contribution is -2.24. The van der Waals surface area contributed by atoms with Crippen molar-refractivity contribution in [2.45, 2.75) is 17.1 Å². The van der Waals surface area contributed by atoms with Crippen molar-refractivity contribution in [3.63, 3.8) is 0 Å². The lowest BCUT2D eigenvalue weighted by atomic mass is 10.1. The molecule has 0 saturated heterocycles. The van der Waals surface area contributed by atoms with Gasteiger partial charge in [-0.3, -0.25) is 24.5 Å². The maximum absolute atomic E-state index is 12.5. The predicted molar refractivity (Wildman–Crippen MR) is 126 cm³/mol. The second-order valence-electron chi connectivity index (χ2n) is 6.95. The summed E-state index contributed by atoms with van der Waals surface area (Å²) >= 11 is 1.30. The Labute approximate surface area is 193 Å². The molecule has 0 aliphatic rings. The first kappa shape index (κ1) is 23.5. The first-order chi connectivity index (χ1) is 15.7. The van der Waals surface area contributed by atoms with Crippen LogP contribution in [0.4, 0.5) is 17.1 Å². The molecule has 0 aromatic heterocycles. The van der Waals surface area contributed by atoms with Gasteiger partial charge in [-0.2, -0.15) is 0 Å². The molecule has 1 unspecified atom stereocenters. The van der Waals surface area contributed by atoms with Crippen LogP contribution in [0.2, 0.25) is 0 Å². The Hall–Kier alpha value is -4.18. The van der Waals surface area contributed by atoms with Gasteiger partial charge in [-0.15, -0.1) is 11.8 Å². The standard InChI is InChI=1S/C23H20N4O5S/c1-14(22(29)26-20-8-3-2-7-19(20)21(24)28)33-18-11-9-16(10-12-18)25-23(30)15-5-4-6-17(13-15)27(31)32/h2-14H,1H3,(H2,24,28)(H,25,30)(H,26,29). The summed E-state index contributed by atoms with van der Waals surface area (Å²) < 4.78 is 0.